The van der Waals surface area contributed by atoms with Crippen molar-refractivity contribution < 1.29 is 40.5 Å². The molecule has 12 heteroatoms. The standard InChI is InChI=1S/C19H36NO9PS/c1-7-15(8-2)28-16-12-14(19(21)25-9-3)13-17(29-31(6,23)24)18(16)20-30(22,26-10-4)27-11-5/h12,15-18H,7-11,13H2,1-6H3,(H,20,22)/t16-,17-,18+/m1/s1. The average Bonchev–Trinajstić information content (AvgIpc) is 2.67. The molecule has 10 nitrogen and oxygen atoms in total. The number of hydrogen-bond acceptors (Lipinski definition) is 9. The van der Waals surface area contributed by atoms with Gasteiger partial charge in [0, 0.05) is 12.0 Å². The molecule has 1 N–H and O–H groups in total. The molecule has 0 fully saturated rings. The van der Waals surface area contributed by atoms with Crippen molar-refractivity contribution in [3.8, 4) is 0 Å². The molecule has 0 unspecified atom stereocenters. The maximum Gasteiger partial charge on any atom is 0.405 e. The minimum atomic E-state index is -3.91. The highest BCUT2D eigenvalue weighted by Crippen LogP contribution is 2.46. The van der Waals surface area contributed by atoms with E-state index in [0.717, 1.165) is 6.26 Å². The van der Waals surface area contributed by atoms with Crippen molar-refractivity contribution in [3.63, 3.8) is 0 Å². The lowest BCUT2D eigenvalue weighted by atomic mass is 9.90. The Balaban J connectivity index is 3.43. The van der Waals surface area contributed by atoms with Gasteiger partial charge >= 0.3 is 13.7 Å². The quantitative estimate of drug-likeness (QED) is 0.223. The van der Waals surface area contributed by atoms with E-state index >= 15 is 0 Å². The third kappa shape index (κ3) is 9.29. The maximum absolute atomic E-state index is 13.2. The number of esters is 1. The highest BCUT2D eigenvalue weighted by Gasteiger charge is 2.43. The van der Waals surface area contributed by atoms with Gasteiger partial charge in [-0.15, -0.1) is 0 Å². The first-order chi connectivity index (χ1) is 14.5. The van der Waals surface area contributed by atoms with Crippen LogP contribution in [0.15, 0.2) is 11.6 Å². The molecule has 0 aliphatic heterocycles. The zero-order valence-corrected chi connectivity index (χ0v) is 20.9. The molecule has 31 heavy (non-hydrogen) atoms. The summed E-state index contributed by atoms with van der Waals surface area (Å²) >= 11 is 0. The van der Waals surface area contributed by atoms with E-state index in [4.69, 9.17) is 22.7 Å². The third-order valence-electron chi connectivity index (χ3n) is 4.54. The zero-order valence-electron chi connectivity index (χ0n) is 19.2. The molecule has 0 amide bonds. The Morgan fingerprint density at radius 2 is 1.71 bits per heavy atom. The summed E-state index contributed by atoms with van der Waals surface area (Å²) in [6, 6.07) is -0.919. The zero-order chi connectivity index (χ0) is 23.7. The molecule has 0 aromatic rings. The molecule has 1 rings (SSSR count). The Bertz CT molecular complexity index is 741. The molecule has 182 valence electrons. The molecule has 0 heterocycles. The Labute approximate surface area is 185 Å². The number of nitrogens with one attached hydrogen (secondary N) is 1. The van der Waals surface area contributed by atoms with Gasteiger partial charge in [-0.2, -0.15) is 8.42 Å². The van der Waals surface area contributed by atoms with Gasteiger partial charge in [0.25, 0.3) is 10.1 Å². The van der Waals surface area contributed by atoms with Crippen molar-refractivity contribution in [1.82, 2.24) is 5.09 Å². The first-order valence-electron chi connectivity index (χ1n) is 10.6. The molecular weight excluding hydrogens is 449 g/mol. The van der Waals surface area contributed by atoms with E-state index in [2.05, 4.69) is 5.09 Å². The number of carbonyl (C=O) groups is 1. The summed E-state index contributed by atoms with van der Waals surface area (Å²) in [5, 5.41) is 2.80. The first-order valence-corrected chi connectivity index (χ1v) is 14.0. The van der Waals surface area contributed by atoms with E-state index < -0.39 is 42.1 Å². The lowest BCUT2D eigenvalue weighted by Gasteiger charge is -2.38. The fourth-order valence-corrected chi connectivity index (χ4v) is 5.46. The summed E-state index contributed by atoms with van der Waals surface area (Å²) in [5.74, 6) is -0.584. The summed E-state index contributed by atoms with van der Waals surface area (Å²) in [7, 11) is -7.70. The molecule has 1 aliphatic carbocycles. The largest absolute Gasteiger partial charge is 0.463 e. The lowest BCUT2D eigenvalue weighted by Crippen LogP contribution is -2.53. The van der Waals surface area contributed by atoms with E-state index in [1.807, 2.05) is 13.8 Å². The summed E-state index contributed by atoms with van der Waals surface area (Å²) in [6.07, 6.45) is 1.68. The third-order valence-corrected chi connectivity index (χ3v) is 6.95. The minimum Gasteiger partial charge on any atom is -0.463 e. The monoisotopic (exact) mass is 485 g/mol. The molecule has 0 radical (unpaired) electrons. The van der Waals surface area contributed by atoms with Crippen LogP contribution < -0.4 is 5.09 Å². The molecule has 0 aromatic carbocycles. The average molecular weight is 486 g/mol. The number of hydrogen-bond donors (Lipinski definition) is 1. The number of rotatable bonds is 14. The van der Waals surface area contributed by atoms with E-state index in [-0.39, 0.29) is 37.9 Å². The molecule has 0 bridgehead atoms. The summed E-state index contributed by atoms with van der Waals surface area (Å²) in [6.45, 7) is 9.28. The second-order valence-corrected chi connectivity index (χ2v) is 10.4. The van der Waals surface area contributed by atoms with Crippen molar-refractivity contribution in [3.05, 3.63) is 11.6 Å². The van der Waals surface area contributed by atoms with E-state index in [1.54, 1.807) is 26.8 Å². The van der Waals surface area contributed by atoms with Crippen LogP contribution in [-0.2, 0) is 42.2 Å². The fraction of sp³-hybridized carbons (Fsp3) is 0.842. The molecular formula is C19H36NO9PS. The minimum absolute atomic E-state index is 0.0788. The van der Waals surface area contributed by atoms with Gasteiger partial charge < -0.3 is 9.47 Å². The van der Waals surface area contributed by atoms with Gasteiger partial charge in [0.2, 0.25) is 0 Å². The van der Waals surface area contributed by atoms with Crippen molar-refractivity contribution in [1.29, 1.82) is 0 Å². The van der Waals surface area contributed by atoms with Crippen LogP contribution in [0.4, 0.5) is 0 Å². The van der Waals surface area contributed by atoms with Crippen molar-refractivity contribution in [2.45, 2.75) is 78.2 Å². The van der Waals surface area contributed by atoms with Gasteiger partial charge in [-0.05, 0) is 39.7 Å². The van der Waals surface area contributed by atoms with E-state index in [9.17, 15) is 17.8 Å². The van der Waals surface area contributed by atoms with Gasteiger partial charge in [-0.25, -0.2) is 14.4 Å². The van der Waals surface area contributed by atoms with E-state index in [0.29, 0.717) is 12.8 Å². The van der Waals surface area contributed by atoms with Gasteiger partial charge in [0.15, 0.2) is 0 Å². The molecule has 3 atom stereocenters. The molecule has 0 saturated carbocycles. The Morgan fingerprint density at radius 3 is 2.16 bits per heavy atom. The van der Waals surface area contributed by atoms with Gasteiger partial charge in [0.05, 0.1) is 50.4 Å². The van der Waals surface area contributed by atoms with Crippen LogP contribution >= 0.6 is 7.75 Å². The van der Waals surface area contributed by atoms with Crippen LogP contribution in [0.1, 0.15) is 53.9 Å². The second-order valence-electron chi connectivity index (χ2n) is 6.98. The van der Waals surface area contributed by atoms with Crippen LogP contribution in [0.3, 0.4) is 0 Å². The predicted octanol–water partition coefficient (Wildman–Crippen LogP) is 2.94. The Kier molecular flexibility index (Phi) is 11.9. The van der Waals surface area contributed by atoms with Crippen LogP contribution in [0, 0.1) is 0 Å². The Morgan fingerprint density at radius 1 is 1.13 bits per heavy atom. The summed E-state index contributed by atoms with van der Waals surface area (Å²) < 4.78 is 64.2. The van der Waals surface area contributed by atoms with Crippen molar-refractivity contribution in [2.75, 3.05) is 26.1 Å². The van der Waals surface area contributed by atoms with Crippen LogP contribution in [-0.4, -0.2) is 64.8 Å². The van der Waals surface area contributed by atoms with Crippen LogP contribution in [0.2, 0.25) is 0 Å². The van der Waals surface area contributed by atoms with Crippen molar-refractivity contribution in [2.24, 2.45) is 0 Å². The number of ether oxygens (including phenoxy) is 2. The SMILES string of the molecule is CCOC(=O)C1=C[C@@H](OC(CC)CC)[C@H](NP(=O)(OCC)OCC)[C@H](OS(C)(=O)=O)C1. The van der Waals surface area contributed by atoms with Crippen LogP contribution in [0.5, 0.6) is 0 Å². The van der Waals surface area contributed by atoms with Gasteiger partial charge in [-0.3, -0.25) is 13.2 Å². The molecule has 0 aromatic heterocycles. The molecule has 0 spiro atoms. The molecule has 1 aliphatic rings. The van der Waals surface area contributed by atoms with Crippen molar-refractivity contribution >= 4 is 23.8 Å². The summed E-state index contributed by atoms with van der Waals surface area (Å²) in [4.78, 5) is 12.4. The second kappa shape index (κ2) is 13.0. The maximum atomic E-state index is 13.2. The normalized spacial score (nSPS) is 22.4. The highest BCUT2D eigenvalue weighted by atomic mass is 32.2. The van der Waals surface area contributed by atoms with Gasteiger partial charge in [-0.1, -0.05) is 13.8 Å². The van der Waals surface area contributed by atoms with Crippen LogP contribution in [0.25, 0.3) is 0 Å². The fourth-order valence-electron chi connectivity index (χ4n) is 3.24. The highest BCUT2D eigenvalue weighted by molar-refractivity contribution is 7.86. The summed E-state index contributed by atoms with van der Waals surface area (Å²) in [5.41, 5.74) is 0.229. The lowest BCUT2D eigenvalue weighted by molar-refractivity contribution is -0.139. The smallest absolute Gasteiger partial charge is 0.405 e. The molecule has 0 saturated heterocycles. The predicted molar refractivity (Wildman–Crippen MR) is 116 cm³/mol. The topological polar surface area (TPSA) is 126 Å². The Hall–Kier alpha value is -0.810. The van der Waals surface area contributed by atoms with Gasteiger partial charge in [0.1, 0.15) is 0 Å². The van der Waals surface area contributed by atoms with E-state index in [1.165, 1.54) is 0 Å². The number of carbonyl (C=O) groups excluding carboxylic acids is 1. The first kappa shape index (κ1) is 28.2.